The van der Waals surface area contributed by atoms with Crippen molar-refractivity contribution in [1.29, 1.82) is 0 Å². The second-order valence-corrected chi connectivity index (χ2v) is 2.91. The SMILES string of the molecule is CO[C@@H]1O[C@H](c2nn[nH]n2)[C@@H](O)[C@H]1O. The zero-order chi connectivity index (χ0) is 10.1. The molecule has 2 heterocycles. The normalized spacial score (nSPS) is 37.6. The Morgan fingerprint density at radius 2 is 2.21 bits per heavy atom. The first-order chi connectivity index (χ1) is 6.74. The van der Waals surface area contributed by atoms with Gasteiger partial charge in [-0.1, -0.05) is 5.21 Å². The molecular formula is C6H10N4O4. The molecule has 3 N–H and O–H groups in total. The van der Waals surface area contributed by atoms with Gasteiger partial charge in [-0.15, -0.1) is 10.2 Å². The molecule has 2 rings (SSSR count). The lowest BCUT2D eigenvalue weighted by atomic mass is 10.1. The number of nitrogens with one attached hydrogen (secondary N) is 1. The number of ether oxygens (including phenoxy) is 2. The van der Waals surface area contributed by atoms with Crippen LogP contribution in [0.4, 0.5) is 0 Å². The number of tetrazole rings is 1. The van der Waals surface area contributed by atoms with Crippen molar-refractivity contribution >= 4 is 0 Å². The highest BCUT2D eigenvalue weighted by molar-refractivity contribution is 4.97. The molecule has 1 saturated heterocycles. The molecular weight excluding hydrogens is 192 g/mol. The maximum Gasteiger partial charge on any atom is 0.206 e. The molecule has 0 unspecified atom stereocenters. The Kier molecular flexibility index (Phi) is 2.42. The first-order valence-corrected chi connectivity index (χ1v) is 4.01. The Morgan fingerprint density at radius 3 is 2.71 bits per heavy atom. The number of aromatic nitrogens is 4. The van der Waals surface area contributed by atoms with Gasteiger partial charge in [0, 0.05) is 7.11 Å². The van der Waals surface area contributed by atoms with E-state index >= 15 is 0 Å². The molecule has 1 aliphatic rings. The number of hydrogen-bond donors (Lipinski definition) is 3. The lowest BCUT2D eigenvalue weighted by Gasteiger charge is -2.11. The average Bonchev–Trinajstić information content (AvgIpc) is 2.78. The van der Waals surface area contributed by atoms with Crippen LogP contribution in [0.2, 0.25) is 0 Å². The van der Waals surface area contributed by atoms with Crippen LogP contribution < -0.4 is 0 Å². The van der Waals surface area contributed by atoms with Crippen molar-refractivity contribution in [2.45, 2.75) is 24.6 Å². The number of methoxy groups -OCH3 is 1. The van der Waals surface area contributed by atoms with E-state index < -0.39 is 24.6 Å². The van der Waals surface area contributed by atoms with Gasteiger partial charge < -0.3 is 19.7 Å². The second kappa shape index (κ2) is 3.58. The van der Waals surface area contributed by atoms with Crippen molar-refractivity contribution in [1.82, 2.24) is 20.6 Å². The fourth-order valence-electron chi connectivity index (χ4n) is 1.34. The summed E-state index contributed by atoms with van der Waals surface area (Å²) in [5, 5.41) is 31.9. The number of hydrogen-bond acceptors (Lipinski definition) is 7. The molecule has 8 heteroatoms. The summed E-state index contributed by atoms with van der Waals surface area (Å²) >= 11 is 0. The van der Waals surface area contributed by atoms with E-state index in [9.17, 15) is 10.2 Å². The van der Waals surface area contributed by atoms with Crippen molar-refractivity contribution in [2.24, 2.45) is 0 Å². The summed E-state index contributed by atoms with van der Waals surface area (Å²) in [6.45, 7) is 0. The molecule has 1 aromatic heterocycles. The van der Waals surface area contributed by atoms with Crippen LogP contribution in [0.3, 0.4) is 0 Å². The topological polar surface area (TPSA) is 113 Å². The highest BCUT2D eigenvalue weighted by Crippen LogP contribution is 2.31. The molecule has 0 radical (unpaired) electrons. The second-order valence-electron chi connectivity index (χ2n) is 2.91. The lowest BCUT2D eigenvalue weighted by Crippen LogP contribution is -2.31. The third-order valence-corrected chi connectivity index (χ3v) is 2.07. The van der Waals surface area contributed by atoms with Crippen LogP contribution in [0.5, 0.6) is 0 Å². The fraction of sp³-hybridized carbons (Fsp3) is 0.833. The molecule has 1 fully saturated rings. The van der Waals surface area contributed by atoms with Crippen LogP contribution in [-0.2, 0) is 9.47 Å². The molecule has 78 valence electrons. The first-order valence-electron chi connectivity index (χ1n) is 4.01. The Hall–Kier alpha value is -1.09. The Balaban J connectivity index is 2.16. The highest BCUT2D eigenvalue weighted by atomic mass is 16.7. The van der Waals surface area contributed by atoms with E-state index in [0.717, 1.165) is 0 Å². The summed E-state index contributed by atoms with van der Waals surface area (Å²) in [7, 11) is 1.37. The molecule has 0 amide bonds. The van der Waals surface area contributed by atoms with Gasteiger partial charge in [-0.2, -0.15) is 5.21 Å². The van der Waals surface area contributed by atoms with Crippen LogP contribution in [-0.4, -0.2) is 56.4 Å². The number of aliphatic hydroxyl groups is 2. The largest absolute Gasteiger partial charge is 0.387 e. The van der Waals surface area contributed by atoms with Crippen LogP contribution in [0.15, 0.2) is 0 Å². The van der Waals surface area contributed by atoms with Crippen molar-refractivity contribution in [3.8, 4) is 0 Å². The van der Waals surface area contributed by atoms with E-state index in [1.165, 1.54) is 7.11 Å². The van der Waals surface area contributed by atoms with Crippen LogP contribution in [0.25, 0.3) is 0 Å². The molecule has 4 atom stereocenters. The van der Waals surface area contributed by atoms with Gasteiger partial charge in [0.1, 0.15) is 12.2 Å². The third kappa shape index (κ3) is 1.38. The van der Waals surface area contributed by atoms with Crippen LogP contribution >= 0.6 is 0 Å². The third-order valence-electron chi connectivity index (χ3n) is 2.07. The fourth-order valence-corrected chi connectivity index (χ4v) is 1.34. The number of H-pyrrole nitrogens is 1. The van der Waals surface area contributed by atoms with Gasteiger partial charge in [0.05, 0.1) is 0 Å². The van der Waals surface area contributed by atoms with Crippen LogP contribution in [0.1, 0.15) is 11.9 Å². The predicted octanol–water partition coefficient (Wildman–Crippen LogP) is -2.03. The van der Waals surface area contributed by atoms with Gasteiger partial charge in [0.25, 0.3) is 0 Å². The molecule has 0 spiro atoms. The van der Waals surface area contributed by atoms with Gasteiger partial charge in [0.15, 0.2) is 12.4 Å². The number of rotatable bonds is 2. The number of nitrogens with zero attached hydrogens (tertiary/aromatic N) is 3. The number of aromatic amines is 1. The first kappa shape index (κ1) is 9.46. The van der Waals surface area contributed by atoms with Gasteiger partial charge in [-0.3, -0.25) is 0 Å². The van der Waals surface area contributed by atoms with Crippen molar-refractivity contribution < 1.29 is 19.7 Å². The quantitative estimate of drug-likeness (QED) is 0.506. The highest BCUT2D eigenvalue weighted by Gasteiger charge is 2.45. The van der Waals surface area contributed by atoms with Crippen LogP contribution in [0, 0.1) is 0 Å². The predicted molar refractivity (Wildman–Crippen MR) is 40.8 cm³/mol. The van der Waals surface area contributed by atoms with E-state index in [2.05, 4.69) is 20.6 Å². The summed E-state index contributed by atoms with van der Waals surface area (Å²) in [4.78, 5) is 0. The molecule has 0 aliphatic carbocycles. The van der Waals surface area contributed by atoms with Crippen molar-refractivity contribution in [3.05, 3.63) is 5.82 Å². The van der Waals surface area contributed by atoms with Gasteiger partial charge in [-0.05, 0) is 0 Å². The minimum Gasteiger partial charge on any atom is -0.387 e. The van der Waals surface area contributed by atoms with Gasteiger partial charge in [0.2, 0.25) is 5.82 Å². The Morgan fingerprint density at radius 1 is 1.43 bits per heavy atom. The smallest absolute Gasteiger partial charge is 0.206 e. The molecule has 0 saturated carbocycles. The Bertz CT molecular complexity index is 292. The van der Waals surface area contributed by atoms with Gasteiger partial charge >= 0.3 is 0 Å². The maximum absolute atomic E-state index is 9.55. The van der Waals surface area contributed by atoms with E-state index in [-0.39, 0.29) is 5.82 Å². The minimum atomic E-state index is -1.11. The van der Waals surface area contributed by atoms with E-state index in [1.54, 1.807) is 0 Å². The van der Waals surface area contributed by atoms with Crippen molar-refractivity contribution in [3.63, 3.8) is 0 Å². The zero-order valence-electron chi connectivity index (χ0n) is 7.36. The molecule has 0 aromatic carbocycles. The molecule has 14 heavy (non-hydrogen) atoms. The molecule has 0 bridgehead atoms. The summed E-state index contributed by atoms with van der Waals surface area (Å²) in [6.07, 6.45) is -3.90. The number of aliphatic hydroxyl groups excluding tert-OH is 2. The zero-order valence-corrected chi connectivity index (χ0v) is 7.36. The lowest BCUT2D eigenvalue weighted by molar-refractivity contribution is -0.150. The molecule has 8 nitrogen and oxygen atoms in total. The minimum absolute atomic E-state index is 0.191. The maximum atomic E-state index is 9.55. The average molecular weight is 202 g/mol. The standard InChI is InChI=1S/C6H10N4O4/c1-13-6-3(12)2(11)4(14-6)5-7-9-10-8-5/h2-4,6,11-12H,1H3,(H,7,8,9,10)/t2-,3+,4-,6+/m0/s1. The van der Waals surface area contributed by atoms with E-state index in [0.29, 0.717) is 0 Å². The molecule has 1 aliphatic heterocycles. The van der Waals surface area contributed by atoms with E-state index in [4.69, 9.17) is 9.47 Å². The summed E-state index contributed by atoms with van der Waals surface area (Å²) in [5.41, 5.74) is 0. The summed E-state index contributed by atoms with van der Waals surface area (Å²) in [6, 6.07) is 0. The summed E-state index contributed by atoms with van der Waals surface area (Å²) < 4.78 is 9.98. The van der Waals surface area contributed by atoms with Gasteiger partial charge in [-0.25, -0.2) is 0 Å². The monoisotopic (exact) mass is 202 g/mol. The van der Waals surface area contributed by atoms with E-state index in [1.807, 2.05) is 0 Å². The van der Waals surface area contributed by atoms with Crippen molar-refractivity contribution in [2.75, 3.05) is 7.11 Å². The Labute approximate surface area is 78.8 Å². The summed E-state index contributed by atoms with van der Waals surface area (Å²) in [5.74, 6) is 0.191. The molecule has 1 aromatic rings.